The number of nitrogens with one attached hydrogen (secondary N) is 1. The summed E-state index contributed by atoms with van der Waals surface area (Å²) >= 11 is 0. The SMILES string of the molecule is CCNC1c2ccccc2CC1Oc1ccc(C)cc1C. The molecule has 0 heterocycles. The second-order valence-electron chi connectivity index (χ2n) is 5.86. The van der Waals surface area contributed by atoms with E-state index in [0.717, 1.165) is 18.7 Å². The Bertz CT molecular complexity index is 635. The summed E-state index contributed by atoms with van der Waals surface area (Å²) in [4.78, 5) is 0. The van der Waals surface area contributed by atoms with Crippen LogP contribution in [0.3, 0.4) is 0 Å². The van der Waals surface area contributed by atoms with E-state index in [0.29, 0.717) is 0 Å². The molecule has 3 rings (SSSR count). The third-order valence-electron chi connectivity index (χ3n) is 4.22. The normalized spacial score (nSPS) is 20.3. The van der Waals surface area contributed by atoms with E-state index in [2.05, 4.69) is 68.6 Å². The van der Waals surface area contributed by atoms with Crippen molar-refractivity contribution < 1.29 is 4.74 Å². The molecule has 2 atom stereocenters. The summed E-state index contributed by atoms with van der Waals surface area (Å²) in [6.45, 7) is 7.33. The molecule has 110 valence electrons. The van der Waals surface area contributed by atoms with Crippen molar-refractivity contribution in [1.82, 2.24) is 5.32 Å². The molecule has 0 amide bonds. The first-order valence-electron chi connectivity index (χ1n) is 7.74. The Morgan fingerprint density at radius 1 is 1.14 bits per heavy atom. The first-order valence-corrected chi connectivity index (χ1v) is 7.74. The number of aryl methyl sites for hydroxylation is 2. The van der Waals surface area contributed by atoms with Crippen LogP contribution in [0, 0.1) is 13.8 Å². The van der Waals surface area contributed by atoms with Gasteiger partial charge in [-0.3, -0.25) is 0 Å². The third kappa shape index (κ3) is 2.81. The van der Waals surface area contributed by atoms with Crippen LogP contribution in [0.5, 0.6) is 5.75 Å². The van der Waals surface area contributed by atoms with Crippen molar-refractivity contribution in [2.75, 3.05) is 6.54 Å². The van der Waals surface area contributed by atoms with Gasteiger partial charge in [0.15, 0.2) is 0 Å². The lowest BCUT2D eigenvalue weighted by molar-refractivity contribution is 0.167. The molecule has 0 saturated carbocycles. The monoisotopic (exact) mass is 281 g/mol. The standard InChI is InChI=1S/C19H23NO/c1-4-20-19-16-8-6-5-7-15(16)12-18(19)21-17-10-9-13(2)11-14(17)3/h5-11,18-20H,4,12H2,1-3H3. The lowest BCUT2D eigenvalue weighted by atomic mass is 10.1. The van der Waals surface area contributed by atoms with Crippen molar-refractivity contribution >= 4 is 0 Å². The predicted octanol–water partition coefficient (Wildman–Crippen LogP) is 3.96. The number of hydrogen-bond acceptors (Lipinski definition) is 2. The Kier molecular flexibility index (Phi) is 3.98. The summed E-state index contributed by atoms with van der Waals surface area (Å²) in [5.41, 5.74) is 5.27. The van der Waals surface area contributed by atoms with E-state index in [1.165, 1.54) is 22.3 Å². The summed E-state index contributed by atoms with van der Waals surface area (Å²) in [6, 6.07) is 15.3. The van der Waals surface area contributed by atoms with Gasteiger partial charge in [0.2, 0.25) is 0 Å². The van der Waals surface area contributed by atoms with Gasteiger partial charge in [0.25, 0.3) is 0 Å². The highest BCUT2D eigenvalue weighted by Gasteiger charge is 2.33. The number of fused-ring (bicyclic) bond motifs is 1. The van der Waals surface area contributed by atoms with E-state index in [9.17, 15) is 0 Å². The van der Waals surface area contributed by atoms with Crippen LogP contribution in [0.1, 0.15) is 35.2 Å². The minimum absolute atomic E-state index is 0.170. The van der Waals surface area contributed by atoms with Gasteiger partial charge in [-0.25, -0.2) is 0 Å². The molecule has 0 fully saturated rings. The average Bonchev–Trinajstić information content (AvgIpc) is 2.81. The Morgan fingerprint density at radius 2 is 1.95 bits per heavy atom. The topological polar surface area (TPSA) is 21.3 Å². The van der Waals surface area contributed by atoms with Crippen LogP contribution in [-0.4, -0.2) is 12.6 Å². The number of rotatable bonds is 4. The van der Waals surface area contributed by atoms with Gasteiger partial charge in [0, 0.05) is 6.42 Å². The Morgan fingerprint density at radius 3 is 2.71 bits per heavy atom. The van der Waals surface area contributed by atoms with Crippen LogP contribution < -0.4 is 10.1 Å². The summed E-state index contributed by atoms with van der Waals surface area (Å²) in [5, 5.41) is 3.58. The van der Waals surface area contributed by atoms with Gasteiger partial charge in [-0.1, -0.05) is 48.9 Å². The molecule has 0 saturated heterocycles. The lowest BCUT2D eigenvalue weighted by Gasteiger charge is -2.23. The van der Waals surface area contributed by atoms with Crippen LogP contribution >= 0.6 is 0 Å². The van der Waals surface area contributed by atoms with E-state index in [-0.39, 0.29) is 12.1 Å². The van der Waals surface area contributed by atoms with Crippen molar-refractivity contribution in [3.63, 3.8) is 0 Å². The Balaban J connectivity index is 1.85. The number of ether oxygens (including phenoxy) is 1. The van der Waals surface area contributed by atoms with Crippen molar-refractivity contribution in [2.24, 2.45) is 0 Å². The zero-order chi connectivity index (χ0) is 14.8. The first-order chi connectivity index (χ1) is 10.2. The predicted molar refractivity (Wildman–Crippen MR) is 86.9 cm³/mol. The molecule has 1 aliphatic rings. The molecule has 2 nitrogen and oxygen atoms in total. The highest BCUT2D eigenvalue weighted by Crippen LogP contribution is 2.34. The molecule has 1 aliphatic carbocycles. The third-order valence-corrected chi connectivity index (χ3v) is 4.22. The van der Waals surface area contributed by atoms with Crippen LogP contribution in [0.2, 0.25) is 0 Å². The highest BCUT2D eigenvalue weighted by atomic mass is 16.5. The molecule has 2 aromatic rings. The van der Waals surface area contributed by atoms with Gasteiger partial charge in [-0.2, -0.15) is 0 Å². The minimum Gasteiger partial charge on any atom is -0.488 e. The fourth-order valence-electron chi connectivity index (χ4n) is 3.22. The highest BCUT2D eigenvalue weighted by molar-refractivity contribution is 5.39. The molecular weight excluding hydrogens is 258 g/mol. The summed E-state index contributed by atoms with van der Waals surface area (Å²) < 4.78 is 6.35. The smallest absolute Gasteiger partial charge is 0.122 e. The van der Waals surface area contributed by atoms with E-state index >= 15 is 0 Å². The van der Waals surface area contributed by atoms with Gasteiger partial charge < -0.3 is 10.1 Å². The van der Waals surface area contributed by atoms with E-state index in [1.54, 1.807) is 0 Å². The second-order valence-corrected chi connectivity index (χ2v) is 5.86. The van der Waals surface area contributed by atoms with Gasteiger partial charge in [-0.05, 0) is 43.1 Å². The first kappa shape index (κ1) is 14.2. The quantitative estimate of drug-likeness (QED) is 0.916. The molecule has 0 aliphatic heterocycles. The largest absolute Gasteiger partial charge is 0.488 e. The molecule has 1 N–H and O–H groups in total. The molecule has 0 spiro atoms. The maximum absolute atomic E-state index is 6.35. The Labute approximate surface area is 127 Å². The summed E-state index contributed by atoms with van der Waals surface area (Å²) in [5.74, 6) is 1.00. The molecule has 2 unspecified atom stereocenters. The summed E-state index contributed by atoms with van der Waals surface area (Å²) in [6.07, 6.45) is 1.14. The fourth-order valence-corrected chi connectivity index (χ4v) is 3.22. The molecule has 2 aromatic carbocycles. The van der Waals surface area contributed by atoms with E-state index in [1.807, 2.05) is 0 Å². The minimum atomic E-state index is 0.170. The van der Waals surface area contributed by atoms with Crippen molar-refractivity contribution in [1.29, 1.82) is 0 Å². The van der Waals surface area contributed by atoms with E-state index < -0.39 is 0 Å². The van der Waals surface area contributed by atoms with Crippen LogP contribution in [-0.2, 0) is 6.42 Å². The van der Waals surface area contributed by atoms with Gasteiger partial charge >= 0.3 is 0 Å². The molecule has 0 aromatic heterocycles. The zero-order valence-electron chi connectivity index (χ0n) is 13.0. The number of hydrogen-bond donors (Lipinski definition) is 1. The Hall–Kier alpha value is -1.80. The van der Waals surface area contributed by atoms with E-state index in [4.69, 9.17) is 4.74 Å². The number of benzene rings is 2. The van der Waals surface area contributed by atoms with Gasteiger partial charge in [0.05, 0.1) is 6.04 Å². The maximum atomic E-state index is 6.35. The molecule has 2 heteroatoms. The average molecular weight is 281 g/mol. The van der Waals surface area contributed by atoms with Crippen molar-refractivity contribution in [2.45, 2.75) is 39.3 Å². The second kappa shape index (κ2) is 5.90. The zero-order valence-corrected chi connectivity index (χ0v) is 13.0. The van der Waals surface area contributed by atoms with Crippen LogP contribution in [0.25, 0.3) is 0 Å². The van der Waals surface area contributed by atoms with Gasteiger partial charge in [-0.15, -0.1) is 0 Å². The fraction of sp³-hybridized carbons (Fsp3) is 0.368. The maximum Gasteiger partial charge on any atom is 0.122 e. The van der Waals surface area contributed by atoms with Crippen LogP contribution in [0.15, 0.2) is 42.5 Å². The lowest BCUT2D eigenvalue weighted by Crippen LogP contribution is -2.32. The number of likely N-dealkylation sites (N-methyl/N-ethyl adjacent to an activating group) is 1. The van der Waals surface area contributed by atoms with Crippen molar-refractivity contribution in [3.8, 4) is 5.75 Å². The summed E-state index contributed by atoms with van der Waals surface area (Å²) in [7, 11) is 0. The van der Waals surface area contributed by atoms with Gasteiger partial charge in [0.1, 0.15) is 11.9 Å². The molecular formula is C19H23NO. The molecule has 21 heavy (non-hydrogen) atoms. The molecule has 0 radical (unpaired) electrons. The molecule has 0 bridgehead atoms. The van der Waals surface area contributed by atoms with Crippen molar-refractivity contribution in [3.05, 3.63) is 64.7 Å². The van der Waals surface area contributed by atoms with Crippen LogP contribution in [0.4, 0.5) is 0 Å².